The molecule has 0 amide bonds. The van der Waals surface area contributed by atoms with Crippen LogP contribution in [-0.2, 0) is 0 Å². The van der Waals surface area contributed by atoms with E-state index >= 15 is 0 Å². The van der Waals surface area contributed by atoms with Crippen molar-refractivity contribution < 1.29 is 0 Å². The van der Waals surface area contributed by atoms with Gasteiger partial charge in [0, 0.05) is 23.4 Å². The van der Waals surface area contributed by atoms with E-state index in [0.29, 0.717) is 6.04 Å². The molecule has 1 nitrogen and oxygen atoms in total. The predicted molar refractivity (Wildman–Crippen MR) is 75.7 cm³/mol. The van der Waals surface area contributed by atoms with Crippen LogP contribution in [0.15, 0.2) is 12.1 Å². The number of thioether (sulfide) groups is 1. The van der Waals surface area contributed by atoms with Crippen molar-refractivity contribution in [3.05, 3.63) is 33.8 Å². The van der Waals surface area contributed by atoms with Crippen LogP contribution in [0.5, 0.6) is 0 Å². The molecule has 90 valence electrons. The number of hydrogen-bond donors (Lipinski definition) is 1. The average Bonchev–Trinajstić information content (AvgIpc) is 2.23. The van der Waals surface area contributed by atoms with Gasteiger partial charge in [0.1, 0.15) is 0 Å². The van der Waals surface area contributed by atoms with Crippen LogP contribution >= 0.6 is 23.4 Å². The molecule has 0 spiro atoms. The zero-order valence-corrected chi connectivity index (χ0v) is 12.0. The van der Waals surface area contributed by atoms with Crippen molar-refractivity contribution in [1.82, 2.24) is 5.32 Å². The number of nitrogens with one attached hydrogen (secondary N) is 1. The summed E-state index contributed by atoms with van der Waals surface area (Å²) >= 11 is 8.12. The molecule has 1 aromatic carbocycles. The first-order chi connectivity index (χ1) is 7.56. The van der Waals surface area contributed by atoms with Crippen LogP contribution in [0.1, 0.15) is 29.7 Å². The Bertz CT molecular complexity index is 352. The van der Waals surface area contributed by atoms with E-state index in [2.05, 4.69) is 44.5 Å². The minimum atomic E-state index is 0.318. The molecule has 0 saturated heterocycles. The summed E-state index contributed by atoms with van der Waals surface area (Å²) in [5.41, 5.74) is 3.76. The van der Waals surface area contributed by atoms with Gasteiger partial charge in [-0.05, 0) is 49.8 Å². The molecule has 1 N–H and O–H groups in total. The Kier molecular flexibility index (Phi) is 5.67. The molecule has 1 unspecified atom stereocenters. The van der Waals surface area contributed by atoms with Gasteiger partial charge in [-0.1, -0.05) is 17.7 Å². The molecule has 0 saturated carbocycles. The molecule has 0 aliphatic heterocycles. The van der Waals surface area contributed by atoms with E-state index in [-0.39, 0.29) is 0 Å². The summed E-state index contributed by atoms with van der Waals surface area (Å²) in [5.74, 6) is 1.13. The molecule has 0 aliphatic rings. The van der Waals surface area contributed by atoms with Crippen molar-refractivity contribution in [1.29, 1.82) is 0 Å². The van der Waals surface area contributed by atoms with Crippen LogP contribution < -0.4 is 5.32 Å². The van der Waals surface area contributed by atoms with Crippen molar-refractivity contribution in [2.24, 2.45) is 0 Å². The first-order valence-electron chi connectivity index (χ1n) is 5.55. The molecule has 0 fully saturated rings. The van der Waals surface area contributed by atoms with E-state index in [1.807, 2.05) is 11.8 Å². The van der Waals surface area contributed by atoms with Crippen LogP contribution in [0, 0.1) is 13.8 Å². The van der Waals surface area contributed by atoms with Gasteiger partial charge in [-0.3, -0.25) is 0 Å². The third-order valence-electron chi connectivity index (χ3n) is 2.84. The number of rotatable bonds is 5. The molecule has 16 heavy (non-hydrogen) atoms. The number of halogens is 1. The highest BCUT2D eigenvalue weighted by atomic mass is 35.5. The van der Waals surface area contributed by atoms with Gasteiger partial charge in [-0.25, -0.2) is 0 Å². The van der Waals surface area contributed by atoms with Gasteiger partial charge in [0.25, 0.3) is 0 Å². The maximum Gasteiger partial charge on any atom is 0.0456 e. The van der Waals surface area contributed by atoms with Crippen LogP contribution in [-0.4, -0.2) is 18.6 Å². The smallest absolute Gasteiger partial charge is 0.0456 e. The van der Waals surface area contributed by atoms with Gasteiger partial charge in [-0.15, -0.1) is 0 Å². The van der Waals surface area contributed by atoms with Gasteiger partial charge in [0.05, 0.1) is 0 Å². The zero-order valence-electron chi connectivity index (χ0n) is 10.4. The molecular weight excluding hydrogens is 238 g/mol. The van der Waals surface area contributed by atoms with E-state index in [1.54, 1.807) is 0 Å². The molecule has 0 bridgehead atoms. The summed E-state index contributed by atoms with van der Waals surface area (Å²) in [5, 5.41) is 4.35. The standard InChI is InChI=1S/C13H20ClNS/c1-9-7-12(13(14)8-10(9)2)11(3)15-5-6-16-4/h7-8,11,15H,5-6H2,1-4H3. The third kappa shape index (κ3) is 3.69. The first kappa shape index (κ1) is 13.9. The van der Waals surface area contributed by atoms with E-state index in [4.69, 9.17) is 11.6 Å². The Morgan fingerprint density at radius 2 is 1.94 bits per heavy atom. The summed E-state index contributed by atoms with van der Waals surface area (Å²) in [4.78, 5) is 0. The summed E-state index contributed by atoms with van der Waals surface area (Å²) in [7, 11) is 0. The minimum absolute atomic E-state index is 0.318. The van der Waals surface area contributed by atoms with Crippen LogP contribution in [0.25, 0.3) is 0 Å². The van der Waals surface area contributed by atoms with Gasteiger partial charge in [0.15, 0.2) is 0 Å². The van der Waals surface area contributed by atoms with Crippen molar-refractivity contribution in [3.63, 3.8) is 0 Å². The summed E-state index contributed by atoms with van der Waals surface area (Å²) in [6, 6.07) is 4.56. The van der Waals surface area contributed by atoms with Crippen molar-refractivity contribution in [2.45, 2.75) is 26.8 Å². The van der Waals surface area contributed by atoms with Crippen LogP contribution in [0.2, 0.25) is 5.02 Å². The van der Waals surface area contributed by atoms with E-state index in [0.717, 1.165) is 17.3 Å². The van der Waals surface area contributed by atoms with E-state index < -0.39 is 0 Å². The Morgan fingerprint density at radius 1 is 1.31 bits per heavy atom. The SMILES string of the molecule is CSCCNC(C)c1cc(C)c(C)cc1Cl. The van der Waals surface area contributed by atoms with Crippen LogP contribution in [0.3, 0.4) is 0 Å². The Labute approximate surface area is 108 Å². The lowest BCUT2D eigenvalue weighted by atomic mass is 10.0. The lowest BCUT2D eigenvalue weighted by molar-refractivity contribution is 0.601. The molecular formula is C13H20ClNS. The summed E-state index contributed by atoms with van der Waals surface area (Å²) in [6.07, 6.45) is 2.12. The maximum atomic E-state index is 6.26. The highest BCUT2D eigenvalue weighted by Crippen LogP contribution is 2.26. The molecule has 1 rings (SSSR count). The third-order valence-corrected chi connectivity index (χ3v) is 3.78. The molecule has 0 aromatic heterocycles. The Balaban J connectivity index is 2.75. The maximum absolute atomic E-state index is 6.26. The summed E-state index contributed by atoms with van der Waals surface area (Å²) in [6.45, 7) is 7.41. The molecule has 0 heterocycles. The topological polar surface area (TPSA) is 12.0 Å². The van der Waals surface area contributed by atoms with Gasteiger partial charge in [-0.2, -0.15) is 11.8 Å². The first-order valence-corrected chi connectivity index (χ1v) is 7.32. The van der Waals surface area contributed by atoms with E-state index in [9.17, 15) is 0 Å². The van der Waals surface area contributed by atoms with Crippen LogP contribution in [0.4, 0.5) is 0 Å². The molecule has 0 aliphatic carbocycles. The summed E-state index contributed by atoms with van der Waals surface area (Å²) < 4.78 is 0. The molecule has 3 heteroatoms. The quantitative estimate of drug-likeness (QED) is 0.801. The highest BCUT2D eigenvalue weighted by Gasteiger charge is 2.10. The lowest BCUT2D eigenvalue weighted by Crippen LogP contribution is -2.21. The van der Waals surface area contributed by atoms with Crippen molar-refractivity contribution in [3.8, 4) is 0 Å². The lowest BCUT2D eigenvalue weighted by Gasteiger charge is -2.17. The highest BCUT2D eigenvalue weighted by molar-refractivity contribution is 7.98. The fraction of sp³-hybridized carbons (Fsp3) is 0.538. The largest absolute Gasteiger partial charge is 0.309 e. The van der Waals surface area contributed by atoms with E-state index in [1.165, 1.54) is 16.7 Å². The van der Waals surface area contributed by atoms with Gasteiger partial charge in [0.2, 0.25) is 0 Å². The van der Waals surface area contributed by atoms with Gasteiger partial charge >= 0.3 is 0 Å². The second-order valence-electron chi connectivity index (χ2n) is 4.13. The van der Waals surface area contributed by atoms with Gasteiger partial charge < -0.3 is 5.32 Å². The zero-order chi connectivity index (χ0) is 12.1. The number of benzene rings is 1. The Morgan fingerprint density at radius 3 is 2.56 bits per heavy atom. The average molecular weight is 258 g/mol. The second-order valence-corrected chi connectivity index (χ2v) is 5.52. The fourth-order valence-electron chi connectivity index (χ4n) is 1.62. The number of aryl methyl sites for hydroxylation is 2. The van der Waals surface area contributed by atoms with Crippen molar-refractivity contribution in [2.75, 3.05) is 18.6 Å². The normalized spacial score (nSPS) is 12.8. The predicted octanol–water partition coefficient (Wildman–Crippen LogP) is 3.97. The molecule has 1 aromatic rings. The second kappa shape index (κ2) is 6.53. The molecule has 0 radical (unpaired) electrons. The monoisotopic (exact) mass is 257 g/mol. The Hall–Kier alpha value is -0.180. The minimum Gasteiger partial charge on any atom is -0.309 e. The molecule has 1 atom stereocenters. The van der Waals surface area contributed by atoms with Crippen molar-refractivity contribution >= 4 is 23.4 Å². The number of hydrogen-bond acceptors (Lipinski definition) is 2. The fourth-order valence-corrected chi connectivity index (χ4v) is 2.33.